The maximum Gasteiger partial charge on any atom is 0.336 e. The first kappa shape index (κ1) is 27.3. The van der Waals surface area contributed by atoms with Gasteiger partial charge in [0.25, 0.3) is 5.56 Å². The van der Waals surface area contributed by atoms with Crippen LogP contribution in [0.2, 0.25) is 5.02 Å². The standard InChI is InChI=1S/C31H21ClFN5O3/c1-17-6-23(15-36-14-17)38-30(39)29-27(37(31(38)40)16-22-9-21(13-35)26(33)7-18(22)2)10-20(11-28(29)41-3)24-8-19(12-34)4-5-25(24)32/h4-11,14-15H,16H2,1-3H3. The van der Waals surface area contributed by atoms with Gasteiger partial charge >= 0.3 is 5.69 Å². The summed E-state index contributed by atoms with van der Waals surface area (Å²) in [5.74, 6) is -0.490. The highest BCUT2D eigenvalue weighted by atomic mass is 35.5. The third-order valence-corrected chi connectivity index (χ3v) is 7.16. The average molecular weight is 566 g/mol. The Morgan fingerprint density at radius 1 is 1.02 bits per heavy atom. The number of nitriles is 2. The molecule has 0 bridgehead atoms. The van der Waals surface area contributed by atoms with E-state index >= 15 is 0 Å². The third-order valence-electron chi connectivity index (χ3n) is 6.83. The fraction of sp³-hybridized carbons (Fsp3) is 0.129. The molecule has 0 amide bonds. The van der Waals surface area contributed by atoms with E-state index in [4.69, 9.17) is 16.3 Å². The molecule has 0 radical (unpaired) electrons. The Morgan fingerprint density at radius 3 is 2.49 bits per heavy atom. The molecule has 5 aromatic rings. The summed E-state index contributed by atoms with van der Waals surface area (Å²) in [6.45, 7) is 3.37. The van der Waals surface area contributed by atoms with Crippen LogP contribution in [0.15, 0.2) is 70.5 Å². The normalized spacial score (nSPS) is 10.8. The second-order valence-corrected chi connectivity index (χ2v) is 9.89. The predicted octanol–water partition coefficient (Wildman–Crippen LogP) is 5.42. The Balaban J connectivity index is 1.92. The van der Waals surface area contributed by atoms with Gasteiger partial charge in [0, 0.05) is 16.8 Å². The second kappa shape index (κ2) is 10.7. The van der Waals surface area contributed by atoms with Crippen LogP contribution in [-0.4, -0.2) is 21.2 Å². The van der Waals surface area contributed by atoms with Crippen molar-refractivity contribution in [2.24, 2.45) is 0 Å². The first-order chi connectivity index (χ1) is 19.7. The van der Waals surface area contributed by atoms with Gasteiger partial charge < -0.3 is 4.74 Å². The minimum Gasteiger partial charge on any atom is -0.496 e. The molecule has 10 heteroatoms. The average Bonchev–Trinajstić information content (AvgIpc) is 2.96. The van der Waals surface area contributed by atoms with Crippen molar-refractivity contribution >= 4 is 22.5 Å². The summed E-state index contributed by atoms with van der Waals surface area (Å²) in [7, 11) is 1.41. The van der Waals surface area contributed by atoms with E-state index in [1.54, 1.807) is 56.4 Å². The lowest BCUT2D eigenvalue weighted by atomic mass is 10.0. The Kier molecular flexibility index (Phi) is 7.15. The Hall–Kier alpha value is -5.25. The van der Waals surface area contributed by atoms with Crippen molar-refractivity contribution < 1.29 is 9.13 Å². The van der Waals surface area contributed by atoms with Crippen LogP contribution in [0.4, 0.5) is 4.39 Å². The van der Waals surface area contributed by atoms with Gasteiger partial charge in [0.15, 0.2) is 0 Å². The van der Waals surface area contributed by atoms with E-state index in [1.165, 1.54) is 30.0 Å². The number of nitrogens with zero attached hydrogens (tertiary/aromatic N) is 5. The van der Waals surface area contributed by atoms with Crippen molar-refractivity contribution in [3.63, 3.8) is 0 Å². The van der Waals surface area contributed by atoms with E-state index in [2.05, 4.69) is 11.1 Å². The van der Waals surface area contributed by atoms with E-state index < -0.39 is 17.1 Å². The molecule has 0 spiro atoms. The lowest BCUT2D eigenvalue weighted by Gasteiger charge is -2.18. The molecule has 5 rings (SSSR count). The lowest BCUT2D eigenvalue weighted by Crippen LogP contribution is -2.39. The summed E-state index contributed by atoms with van der Waals surface area (Å²) in [5, 5.41) is 19.3. The number of hydrogen-bond donors (Lipinski definition) is 0. The molecule has 2 aromatic heterocycles. The molecule has 0 unspecified atom stereocenters. The molecule has 0 aliphatic rings. The number of pyridine rings is 1. The van der Waals surface area contributed by atoms with Crippen molar-refractivity contribution in [1.29, 1.82) is 10.5 Å². The van der Waals surface area contributed by atoms with Crippen molar-refractivity contribution in [2.75, 3.05) is 7.11 Å². The Labute approximate surface area is 238 Å². The monoisotopic (exact) mass is 565 g/mol. The number of halogens is 2. The minimum absolute atomic E-state index is 0.0891. The van der Waals surface area contributed by atoms with Crippen molar-refractivity contribution in [1.82, 2.24) is 14.1 Å². The molecular weight excluding hydrogens is 545 g/mol. The number of fused-ring (bicyclic) bond motifs is 1. The van der Waals surface area contributed by atoms with Crippen molar-refractivity contribution in [2.45, 2.75) is 20.4 Å². The molecule has 0 fully saturated rings. The summed E-state index contributed by atoms with van der Waals surface area (Å²) in [4.78, 5) is 32.2. The molecule has 0 saturated heterocycles. The Bertz CT molecular complexity index is 2090. The number of benzene rings is 3. The van der Waals surface area contributed by atoms with Gasteiger partial charge in [0.05, 0.1) is 48.3 Å². The van der Waals surface area contributed by atoms with Crippen LogP contribution in [0.3, 0.4) is 0 Å². The van der Waals surface area contributed by atoms with E-state index in [0.29, 0.717) is 32.8 Å². The topological polar surface area (TPSA) is 114 Å². The number of aromatic nitrogens is 3. The summed E-state index contributed by atoms with van der Waals surface area (Å²) < 4.78 is 22.4. The second-order valence-electron chi connectivity index (χ2n) is 9.48. The third kappa shape index (κ3) is 4.84. The van der Waals surface area contributed by atoms with Gasteiger partial charge in [-0.2, -0.15) is 10.5 Å². The fourth-order valence-corrected chi connectivity index (χ4v) is 5.00. The molecular formula is C31H21ClFN5O3. The first-order valence-corrected chi connectivity index (χ1v) is 12.7. The van der Waals surface area contributed by atoms with Crippen LogP contribution < -0.4 is 16.0 Å². The van der Waals surface area contributed by atoms with Gasteiger partial charge in [0.1, 0.15) is 23.0 Å². The van der Waals surface area contributed by atoms with E-state index in [-0.39, 0.29) is 34.4 Å². The van der Waals surface area contributed by atoms with E-state index in [9.17, 15) is 24.5 Å². The molecule has 0 aliphatic heterocycles. The van der Waals surface area contributed by atoms with Gasteiger partial charge in [-0.1, -0.05) is 11.6 Å². The predicted molar refractivity (Wildman–Crippen MR) is 153 cm³/mol. The zero-order valence-corrected chi connectivity index (χ0v) is 23.0. The highest BCUT2D eigenvalue weighted by molar-refractivity contribution is 6.33. The summed E-state index contributed by atoms with van der Waals surface area (Å²) in [6.07, 6.45) is 3.02. The SMILES string of the molecule is COc1cc(-c2cc(C#N)ccc2Cl)cc2c1c(=O)n(-c1cncc(C)c1)c(=O)n2Cc1cc(C#N)c(F)cc1C. The minimum atomic E-state index is -0.673. The van der Waals surface area contributed by atoms with Crippen molar-refractivity contribution in [3.8, 4) is 34.7 Å². The first-order valence-electron chi connectivity index (χ1n) is 12.4. The molecule has 2 heterocycles. The van der Waals surface area contributed by atoms with Gasteiger partial charge in [-0.15, -0.1) is 0 Å². The summed E-state index contributed by atoms with van der Waals surface area (Å²) >= 11 is 6.50. The maximum absolute atomic E-state index is 14.3. The smallest absolute Gasteiger partial charge is 0.336 e. The summed E-state index contributed by atoms with van der Waals surface area (Å²) in [6, 6.07) is 16.2. The molecule has 41 heavy (non-hydrogen) atoms. The highest BCUT2D eigenvalue weighted by Crippen LogP contribution is 2.35. The largest absolute Gasteiger partial charge is 0.496 e. The molecule has 0 saturated carbocycles. The van der Waals surface area contributed by atoms with Crippen LogP contribution in [-0.2, 0) is 6.54 Å². The van der Waals surface area contributed by atoms with Crippen LogP contribution in [0.25, 0.3) is 27.7 Å². The quantitative estimate of drug-likeness (QED) is 0.281. The Morgan fingerprint density at radius 2 is 1.80 bits per heavy atom. The molecule has 3 aromatic carbocycles. The molecule has 0 N–H and O–H groups in total. The molecule has 8 nitrogen and oxygen atoms in total. The van der Waals surface area contributed by atoms with E-state index in [0.717, 1.165) is 10.1 Å². The number of rotatable bonds is 5. The summed E-state index contributed by atoms with van der Waals surface area (Å²) in [5.41, 5.74) is 2.17. The number of aryl methyl sites for hydroxylation is 2. The van der Waals surface area contributed by atoms with Crippen molar-refractivity contribution in [3.05, 3.63) is 120 Å². The van der Waals surface area contributed by atoms with Gasteiger partial charge in [0.2, 0.25) is 0 Å². The molecule has 0 aliphatic carbocycles. The van der Waals surface area contributed by atoms with Crippen LogP contribution >= 0.6 is 11.6 Å². The van der Waals surface area contributed by atoms with Gasteiger partial charge in [-0.05, 0) is 84.6 Å². The number of methoxy groups -OCH3 is 1. The fourth-order valence-electron chi connectivity index (χ4n) is 4.77. The molecule has 0 atom stereocenters. The van der Waals surface area contributed by atoms with E-state index in [1.807, 2.05) is 6.07 Å². The lowest BCUT2D eigenvalue weighted by molar-refractivity contribution is 0.419. The van der Waals surface area contributed by atoms with Gasteiger partial charge in [-0.3, -0.25) is 14.3 Å². The zero-order valence-electron chi connectivity index (χ0n) is 22.2. The number of ether oxygens (including phenoxy) is 1. The zero-order chi connectivity index (χ0) is 29.4. The molecule has 202 valence electrons. The number of hydrogen-bond acceptors (Lipinski definition) is 6. The maximum atomic E-state index is 14.3. The van der Waals surface area contributed by atoms with Crippen LogP contribution in [0, 0.1) is 42.3 Å². The van der Waals surface area contributed by atoms with Crippen LogP contribution in [0.1, 0.15) is 27.8 Å². The van der Waals surface area contributed by atoms with Gasteiger partial charge in [-0.25, -0.2) is 13.8 Å². The highest BCUT2D eigenvalue weighted by Gasteiger charge is 2.22. The van der Waals surface area contributed by atoms with Crippen LogP contribution in [0.5, 0.6) is 5.75 Å².